The molecule has 0 atom stereocenters. The number of carbonyl (C=O) groups is 1. The number of halogens is 3. The molecule has 0 N–H and O–H groups in total. The molecule has 9 heteroatoms. The summed E-state index contributed by atoms with van der Waals surface area (Å²) in [5, 5.41) is 3.80. The number of alkyl halides is 3. The van der Waals surface area contributed by atoms with Gasteiger partial charge in [0.1, 0.15) is 0 Å². The molecule has 0 aliphatic carbocycles. The first-order chi connectivity index (χ1) is 13.4. The average Bonchev–Trinajstić information content (AvgIpc) is 3.12. The number of fused-ring (bicyclic) bond motifs is 1. The quantitative estimate of drug-likeness (QED) is 0.641. The summed E-state index contributed by atoms with van der Waals surface area (Å²) in [7, 11) is 0. The van der Waals surface area contributed by atoms with Crippen molar-refractivity contribution in [1.82, 2.24) is 19.5 Å². The van der Waals surface area contributed by atoms with Crippen molar-refractivity contribution in [2.24, 2.45) is 0 Å². The average molecular weight is 390 g/mol. The highest BCUT2D eigenvalue weighted by molar-refractivity contribution is 6.02. The molecule has 3 aromatic rings. The Kier molecular flexibility index (Phi) is 4.86. The van der Waals surface area contributed by atoms with Crippen molar-refractivity contribution in [3.63, 3.8) is 0 Å². The molecule has 3 heterocycles. The van der Waals surface area contributed by atoms with Crippen molar-refractivity contribution in [2.75, 3.05) is 32.8 Å². The van der Waals surface area contributed by atoms with Crippen LogP contribution in [0.5, 0.6) is 0 Å². The van der Waals surface area contributed by atoms with E-state index >= 15 is 0 Å². The van der Waals surface area contributed by atoms with Crippen LogP contribution in [0.25, 0.3) is 16.9 Å². The van der Waals surface area contributed by atoms with Crippen LogP contribution in [0, 0.1) is 0 Å². The zero-order valence-corrected chi connectivity index (χ0v) is 14.8. The summed E-state index contributed by atoms with van der Waals surface area (Å²) in [6.07, 6.45) is -3.48. The van der Waals surface area contributed by atoms with Gasteiger partial charge in [0.15, 0.2) is 17.1 Å². The Morgan fingerprint density at radius 2 is 1.86 bits per heavy atom. The first-order valence-corrected chi connectivity index (χ1v) is 8.78. The van der Waals surface area contributed by atoms with Crippen molar-refractivity contribution >= 4 is 11.4 Å². The van der Waals surface area contributed by atoms with E-state index in [0.29, 0.717) is 36.4 Å². The van der Waals surface area contributed by atoms with Crippen molar-refractivity contribution in [1.29, 1.82) is 0 Å². The number of benzene rings is 1. The SMILES string of the molecule is O=C(CN1CCOCC1)c1cnn2c(C(F)(F)F)cc(-c3ccccc3)nc12. The van der Waals surface area contributed by atoms with Crippen LogP contribution >= 0.6 is 0 Å². The second kappa shape index (κ2) is 7.33. The van der Waals surface area contributed by atoms with Gasteiger partial charge in [-0.2, -0.15) is 18.3 Å². The lowest BCUT2D eigenvalue weighted by molar-refractivity contribution is -0.142. The van der Waals surface area contributed by atoms with Gasteiger partial charge >= 0.3 is 6.18 Å². The molecule has 0 saturated carbocycles. The summed E-state index contributed by atoms with van der Waals surface area (Å²) < 4.78 is 46.7. The number of aromatic nitrogens is 3. The Labute approximate surface area is 158 Å². The van der Waals surface area contributed by atoms with E-state index in [-0.39, 0.29) is 29.2 Å². The number of Topliss-reactive ketones (excluding diaryl/α,β-unsaturated/α-hetero) is 1. The summed E-state index contributed by atoms with van der Waals surface area (Å²) in [5.74, 6) is -0.317. The van der Waals surface area contributed by atoms with Crippen LogP contribution in [-0.4, -0.2) is 58.1 Å². The van der Waals surface area contributed by atoms with Crippen LogP contribution in [0.2, 0.25) is 0 Å². The van der Waals surface area contributed by atoms with Crippen molar-refractivity contribution < 1.29 is 22.7 Å². The molecule has 0 bridgehead atoms. The number of carbonyl (C=O) groups excluding carboxylic acids is 1. The monoisotopic (exact) mass is 390 g/mol. The minimum absolute atomic E-state index is 0.0785. The zero-order valence-electron chi connectivity index (χ0n) is 14.8. The molecule has 6 nitrogen and oxygen atoms in total. The van der Waals surface area contributed by atoms with Gasteiger partial charge in [0, 0.05) is 18.7 Å². The number of rotatable bonds is 4. The number of ether oxygens (including phenoxy) is 1. The van der Waals surface area contributed by atoms with Crippen LogP contribution in [0.4, 0.5) is 13.2 Å². The van der Waals surface area contributed by atoms with Gasteiger partial charge in [-0.05, 0) is 6.07 Å². The summed E-state index contributed by atoms with van der Waals surface area (Å²) in [6.45, 7) is 2.33. The van der Waals surface area contributed by atoms with Gasteiger partial charge in [-0.1, -0.05) is 30.3 Å². The van der Waals surface area contributed by atoms with Crippen LogP contribution < -0.4 is 0 Å². The number of nitrogens with zero attached hydrogens (tertiary/aromatic N) is 4. The van der Waals surface area contributed by atoms with Crippen molar-refractivity contribution in [2.45, 2.75) is 6.18 Å². The second-order valence-electron chi connectivity index (χ2n) is 6.50. The Balaban J connectivity index is 1.79. The number of hydrogen-bond donors (Lipinski definition) is 0. The fraction of sp³-hybridized carbons (Fsp3) is 0.316. The van der Waals surface area contributed by atoms with Gasteiger partial charge in [0.2, 0.25) is 0 Å². The standard InChI is InChI=1S/C19H17F3N4O2/c20-19(21,22)17-10-15(13-4-2-1-3-5-13)24-18-14(11-23-26(17)18)16(27)12-25-6-8-28-9-7-25/h1-5,10-11H,6-9,12H2. The lowest BCUT2D eigenvalue weighted by Gasteiger charge is -2.25. The lowest BCUT2D eigenvalue weighted by Crippen LogP contribution is -2.39. The highest BCUT2D eigenvalue weighted by Crippen LogP contribution is 2.32. The summed E-state index contributed by atoms with van der Waals surface area (Å²) in [6, 6.07) is 9.49. The predicted molar refractivity (Wildman–Crippen MR) is 95.0 cm³/mol. The molecule has 146 valence electrons. The molecule has 4 rings (SSSR count). The van der Waals surface area contributed by atoms with Crippen LogP contribution in [0.1, 0.15) is 16.1 Å². The molecule has 1 saturated heterocycles. The Hall–Kier alpha value is -2.78. The second-order valence-corrected chi connectivity index (χ2v) is 6.50. The Bertz CT molecular complexity index is 996. The Morgan fingerprint density at radius 3 is 2.54 bits per heavy atom. The van der Waals surface area contributed by atoms with E-state index in [2.05, 4.69) is 10.1 Å². The van der Waals surface area contributed by atoms with E-state index in [1.54, 1.807) is 30.3 Å². The van der Waals surface area contributed by atoms with Gasteiger partial charge in [0.05, 0.1) is 37.2 Å². The van der Waals surface area contributed by atoms with Crippen molar-refractivity contribution in [3.8, 4) is 11.3 Å². The predicted octanol–water partition coefficient (Wildman–Crippen LogP) is 2.93. The van der Waals surface area contributed by atoms with E-state index in [0.717, 1.165) is 12.3 Å². The third-order valence-corrected chi connectivity index (χ3v) is 4.60. The van der Waals surface area contributed by atoms with Crippen LogP contribution in [0.3, 0.4) is 0 Å². The van der Waals surface area contributed by atoms with E-state index in [1.165, 1.54) is 0 Å². The van der Waals surface area contributed by atoms with Gasteiger partial charge in [-0.25, -0.2) is 9.50 Å². The molecular formula is C19H17F3N4O2. The molecule has 1 aliphatic rings. The van der Waals surface area contributed by atoms with Crippen LogP contribution in [0.15, 0.2) is 42.6 Å². The normalized spacial score (nSPS) is 15.8. The maximum atomic E-state index is 13.6. The summed E-state index contributed by atoms with van der Waals surface area (Å²) in [4.78, 5) is 19.0. The molecule has 1 fully saturated rings. The molecule has 0 spiro atoms. The van der Waals surface area contributed by atoms with E-state index in [1.807, 2.05) is 4.90 Å². The highest BCUT2D eigenvalue weighted by Gasteiger charge is 2.36. The molecular weight excluding hydrogens is 373 g/mol. The van der Waals surface area contributed by atoms with E-state index in [4.69, 9.17) is 4.74 Å². The molecule has 28 heavy (non-hydrogen) atoms. The smallest absolute Gasteiger partial charge is 0.379 e. The van der Waals surface area contributed by atoms with E-state index in [9.17, 15) is 18.0 Å². The van der Waals surface area contributed by atoms with E-state index < -0.39 is 11.9 Å². The molecule has 2 aromatic heterocycles. The largest absolute Gasteiger partial charge is 0.433 e. The number of ketones is 1. The topological polar surface area (TPSA) is 59.7 Å². The van der Waals surface area contributed by atoms with Gasteiger partial charge < -0.3 is 4.74 Å². The number of hydrogen-bond acceptors (Lipinski definition) is 5. The molecule has 0 unspecified atom stereocenters. The van der Waals surface area contributed by atoms with Gasteiger partial charge in [-0.3, -0.25) is 9.69 Å². The lowest BCUT2D eigenvalue weighted by atomic mass is 10.1. The maximum Gasteiger partial charge on any atom is 0.433 e. The minimum Gasteiger partial charge on any atom is -0.379 e. The molecule has 0 radical (unpaired) electrons. The minimum atomic E-state index is -4.64. The highest BCUT2D eigenvalue weighted by atomic mass is 19.4. The fourth-order valence-electron chi connectivity index (χ4n) is 3.17. The summed E-state index contributed by atoms with van der Waals surface area (Å²) >= 11 is 0. The molecule has 1 aromatic carbocycles. The third-order valence-electron chi connectivity index (χ3n) is 4.60. The third kappa shape index (κ3) is 3.63. The van der Waals surface area contributed by atoms with Gasteiger partial charge in [-0.15, -0.1) is 0 Å². The maximum absolute atomic E-state index is 13.6. The molecule has 0 amide bonds. The Morgan fingerprint density at radius 1 is 1.14 bits per heavy atom. The number of morpholine rings is 1. The van der Waals surface area contributed by atoms with Crippen LogP contribution in [-0.2, 0) is 10.9 Å². The van der Waals surface area contributed by atoms with Gasteiger partial charge in [0.25, 0.3) is 0 Å². The molecule has 1 aliphatic heterocycles. The first kappa shape index (κ1) is 18.6. The zero-order chi connectivity index (χ0) is 19.7. The summed E-state index contributed by atoms with van der Waals surface area (Å²) in [5.41, 5.74) is -0.312. The van der Waals surface area contributed by atoms with Crippen molar-refractivity contribution in [3.05, 3.63) is 53.9 Å². The first-order valence-electron chi connectivity index (χ1n) is 8.78. The fourth-order valence-corrected chi connectivity index (χ4v) is 3.17.